The van der Waals surface area contributed by atoms with E-state index in [4.69, 9.17) is 14.2 Å². The molecule has 0 N–H and O–H groups in total. The maximum atomic E-state index is 12.9. The van der Waals surface area contributed by atoms with Crippen LogP contribution >= 0.6 is 15.9 Å². The molecule has 0 unspecified atom stereocenters. The highest BCUT2D eigenvalue weighted by Gasteiger charge is 2.36. The van der Waals surface area contributed by atoms with Gasteiger partial charge in [0, 0.05) is 19.0 Å². The van der Waals surface area contributed by atoms with Gasteiger partial charge in [-0.05, 0) is 47.0 Å². The van der Waals surface area contributed by atoms with Crippen LogP contribution in [0, 0.1) is 5.92 Å². The molecule has 128 valence electrons. The zero-order chi connectivity index (χ0) is 16.4. The van der Waals surface area contributed by atoms with E-state index in [1.54, 1.807) is 25.3 Å². The molecule has 1 aromatic rings. The lowest BCUT2D eigenvalue weighted by Crippen LogP contribution is -2.43. The number of methoxy groups -OCH3 is 1. The summed E-state index contributed by atoms with van der Waals surface area (Å²) in [4.78, 5) is 0.263. The van der Waals surface area contributed by atoms with Crippen molar-refractivity contribution in [2.24, 2.45) is 5.92 Å². The molecule has 2 heterocycles. The minimum Gasteiger partial charge on any atom is -0.496 e. The first-order chi connectivity index (χ1) is 11.0. The lowest BCUT2D eigenvalue weighted by Gasteiger charge is -2.33. The van der Waals surface area contributed by atoms with E-state index in [9.17, 15) is 8.42 Å². The topological polar surface area (TPSA) is 65.1 Å². The molecule has 6 nitrogen and oxygen atoms in total. The Labute approximate surface area is 144 Å². The Balaban J connectivity index is 1.79. The number of benzene rings is 1. The summed E-state index contributed by atoms with van der Waals surface area (Å²) in [6, 6.07) is 4.81. The van der Waals surface area contributed by atoms with E-state index in [0.717, 1.165) is 12.8 Å². The summed E-state index contributed by atoms with van der Waals surface area (Å²) in [5.41, 5.74) is 0. The molecule has 0 spiro atoms. The molecule has 23 heavy (non-hydrogen) atoms. The minimum atomic E-state index is -3.54. The van der Waals surface area contributed by atoms with E-state index < -0.39 is 10.0 Å². The fraction of sp³-hybridized carbons (Fsp3) is 0.600. The number of piperidine rings is 1. The predicted octanol–water partition coefficient (Wildman–Crippen LogP) is 2.23. The van der Waals surface area contributed by atoms with E-state index >= 15 is 0 Å². The summed E-state index contributed by atoms with van der Waals surface area (Å²) in [5, 5.41) is 0. The molecule has 8 heteroatoms. The number of hydrogen-bond donors (Lipinski definition) is 0. The van der Waals surface area contributed by atoms with Gasteiger partial charge in [0.15, 0.2) is 6.29 Å². The third-order valence-electron chi connectivity index (χ3n) is 4.21. The first kappa shape index (κ1) is 17.2. The molecule has 0 aliphatic carbocycles. The van der Waals surface area contributed by atoms with Gasteiger partial charge in [0.25, 0.3) is 0 Å². The lowest BCUT2D eigenvalue weighted by molar-refractivity contribution is -0.0940. The molecular weight excluding hydrogens is 386 g/mol. The number of halogens is 1. The molecule has 2 saturated heterocycles. The third kappa shape index (κ3) is 3.56. The third-order valence-corrected chi connectivity index (χ3v) is 6.69. The highest BCUT2D eigenvalue weighted by Crippen LogP contribution is 2.32. The van der Waals surface area contributed by atoms with Crippen LogP contribution in [0.3, 0.4) is 0 Å². The summed E-state index contributed by atoms with van der Waals surface area (Å²) in [5.74, 6) is 0.691. The van der Waals surface area contributed by atoms with Crippen molar-refractivity contribution in [2.75, 3.05) is 33.4 Å². The van der Waals surface area contributed by atoms with Crippen molar-refractivity contribution in [1.29, 1.82) is 0 Å². The molecule has 0 aromatic heterocycles. The zero-order valence-electron chi connectivity index (χ0n) is 12.9. The van der Waals surface area contributed by atoms with Gasteiger partial charge in [-0.2, -0.15) is 4.31 Å². The van der Waals surface area contributed by atoms with Crippen LogP contribution in [0.5, 0.6) is 5.75 Å². The van der Waals surface area contributed by atoms with E-state index in [1.165, 1.54) is 4.31 Å². The predicted molar refractivity (Wildman–Crippen MR) is 87.9 cm³/mol. The normalized spacial score (nSPS) is 24.0. The van der Waals surface area contributed by atoms with Crippen LogP contribution in [0.25, 0.3) is 0 Å². The summed E-state index contributed by atoms with van der Waals surface area (Å²) < 4.78 is 44.2. The average Bonchev–Trinajstić information content (AvgIpc) is 3.09. The molecule has 2 aliphatic rings. The Morgan fingerprint density at radius 3 is 2.70 bits per heavy atom. The molecular formula is C15H20BrNO5S. The molecule has 1 aromatic carbocycles. The Kier molecular flexibility index (Phi) is 5.27. The SMILES string of the molecule is COc1ccc(S(=O)(=O)N2CCC[C@@H](C3OCCO3)C2)cc1Br. The highest BCUT2D eigenvalue weighted by atomic mass is 79.9. The summed E-state index contributed by atoms with van der Waals surface area (Å²) in [6.45, 7) is 2.12. The standard InChI is InChI=1S/C15H20BrNO5S/c1-20-14-5-4-12(9-13(14)16)23(18,19)17-6-2-3-11(10-17)15-21-7-8-22-15/h4-5,9,11,15H,2-3,6-8,10H2,1H3/t11-/m1/s1. The summed E-state index contributed by atoms with van der Waals surface area (Å²) >= 11 is 3.34. The van der Waals surface area contributed by atoms with Gasteiger partial charge >= 0.3 is 0 Å². The van der Waals surface area contributed by atoms with Crippen molar-refractivity contribution in [2.45, 2.75) is 24.0 Å². The quantitative estimate of drug-likeness (QED) is 0.768. The van der Waals surface area contributed by atoms with Crippen molar-refractivity contribution >= 4 is 26.0 Å². The monoisotopic (exact) mass is 405 g/mol. The smallest absolute Gasteiger partial charge is 0.243 e. The summed E-state index contributed by atoms with van der Waals surface area (Å²) in [6.07, 6.45) is 1.45. The molecule has 1 atom stereocenters. The van der Waals surface area contributed by atoms with Gasteiger partial charge in [0.1, 0.15) is 5.75 Å². The summed E-state index contributed by atoms with van der Waals surface area (Å²) in [7, 11) is -1.99. The van der Waals surface area contributed by atoms with Crippen LogP contribution in [0.15, 0.2) is 27.6 Å². The first-order valence-corrected chi connectivity index (χ1v) is 9.82. The maximum absolute atomic E-state index is 12.9. The Bertz CT molecular complexity index is 660. The van der Waals surface area contributed by atoms with E-state index in [-0.39, 0.29) is 17.1 Å². The van der Waals surface area contributed by atoms with Crippen LogP contribution in [0.4, 0.5) is 0 Å². The Morgan fingerprint density at radius 2 is 2.04 bits per heavy atom. The fourth-order valence-electron chi connectivity index (χ4n) is 3.02. The van der Waals surface area contributed by atoms with Gasteiger partial charge in [-0.15, -0.1) is 0 Å². The van der Waals surface area contributed by atoms with E-state index in [1.807, 2.05) is 0 Å². The first-order valence-electron chi connectivity index (χ1n) is 7.59. The second-order valence-electron chi connectivity index (χ2n) is 5.67. The van der Waals surface area contributed by atoms with Crippen LogP contribution < -0.4 is 4.74 Å². The number of rotatable bonds is 4. The van der Waals surface area contributed by atoms with Crippen LogP contribution in [-0.4, -0.2) is 52.4 Å². The largest absolute Gasteiger partial charge is 0.496 e. The van der Waals surface area contributed by atoms with Crippen LogP contribution in [0.1, 0.15) is 12.8 Å². The maximum Gasteiger partial charge on any atom is 0.243 e. The average molecular weight is 406 g/mol. The molecule has 2 fully saturated rings. The van der Waals surface area contributed by atoms with Gasteiger partial charge in [-0.3, -0.25) is 0 Å². The molecule has 0 saturated carbocycles. The van der Waals surface area contributed by atoms with Crippen molar-refractivity contribution < 1.29 is 22.6 Å². The Hall–Kier alpha value is -0.670. The highest BCUT2D eigenvalue weighted by molar-refractivity contribution is 9.10. The molecule has 2 aliphatic heterocycles. The van der Waals surface area contributed by atoms with Gasteiger partial charge < -0.3 is 14.2 Å². The second-order valence-corrected chi connectivity index (χ2v) is 8.46. The molecule has 0 radical (unpaired) electrons. The zero-order valence-corrected chi connectivity index (χ0v) is 15.3. The Morgan fingerprint density at radius 1 is 1.30 bits per heavy atom. The van der Waals surface area contributed by atoms with E-state index in [2.05, 4.69) is 15.9 Å². The number of hydrogen-bond acceptors (Lipinski definition) is 5. The van der Waals surface area contributed by atoms with Gasteiger partial charge in [-0.1, -0.05) is 0 Å². The van der Waals surface area contributed by atoms with Crippen molar-refractivity contribution in [3.63, 3.8) is 0 Å². The van der Waals surface area contributed by atoms with Crippen molar-refractivity contribution in [3.8, 4) is 5.75 Å². The van der Waals surface area contributed by atoms with Crippen LogP contribution in [-0.2, 0) is 19.5 Å². The second kappa shape index (κ2) is 7.06. The van der Waals surface area contributed by atoms with Gasteiger partial charge in [0.2, 0.25) is 10.0 Å². The lowest BCUT2D eigenvalue weighted by atomic mass is 9.99. The number of ether oxygens (including phenoxy) is 3. The fourth-order valence-corrected chi connectivity index (χ4v) is 5.27. The van der Waals surface area contributed by atoms with Crippen molar-refractivity contribution in [1.82, 2.24) is 4.31 Å². The van der Waals surface area contributed by atoms with Crippen molar-refractivity contribution in [3.05, 3.63) is 22.7 Å². The van der Waals surface area contributed by atoms with Gasteiger partial charge in [0.05, 0.1) is 29.7 Å². The number of sulfonamides is 1. The van der Waals surface area contributed by atoms with Gasteiger partial charge in [-0.25, -0.2) is 8.42 Å². The number of nitrogens with zero attached hydrogens (tertiary/aromatic N) is 1. The van der Waals surface area contributed by atoms with Crippen LogP contribution in [0.2, 0.25) is 0 Å². The minimum absolute atomic E-state index is 0.0858. The van der Waals surface area contributed by atoms with E-state index in [0.29, 0.717) is 36.5 Å². The molecule has 0 bridgehead atoms. The molecule has 3 rings (SSSR count). The molecule has 0 amide bonds.